The Hall–Kier alpha value is -1.14. The van der Waals surface area contributed by atoms with Crippen LogP contribution < -0.4 is 22.1 Å². The van der Waals surface area contributed by atoms with Gasteiger partial charge in [-0.15, -0.1) is 0 Å². The molecule has 2 amide bonds. The van der Waals surface area contributed by atoms with E-state index in [1.54, 1.807) is 7.05 Å². The molecule has 0 spiro atoms. The summed E-state index contributed by atoms with van der Waals surface area (Å²) in [5, 5.41) is 5.07. The van der Waals surface area contributed by atoms with Gasteiger partial charge in [0, 0.05) is 0 Å². The van der Waals surface area contributed by atoms with E-state index in [2.05, 4.69) is 24.5 Å². The fourth-order valence-corrected chi connectivity index (χ4v) is 0.548. The summed E-state index contributed by atoms with van der Waals surface area (Å²) in [6.45, 7) is 4.18. The molecule has 0 aromatic rings. The topological polar surface area (TPSA) is 110 Å². The first kappa shape index (κ1) is 15.3. The van der Waals surface area contributed by atoms with Crippen LogP contribution in [0.5, 0.6) is 0 Å². The SMILES string of the molecule is CCC.CNC(NCC(N)=O)C(N)=O. The molecule has 0 heterocycles. The number of amides is 2. The highest BCUT2D eigenvalue weighted by molar-refractivity contribution is 5.81. The Balaban J connectivity index is 0. The first-order valence-corrected chi connectivity index (χ1v) is 4.47. The van der Waals surface area contributed by atoms with E-state index in [0.717, 1.165) is 0 Å². The van der Waals surface area contributed by atoms with Crippen molar-refractivity contribution < 1.29 is 9.59 Å². The fraction of sp³-hybridized carbons (Fsp3) is 0.750. The Kier molecular flexibility index (Phi) is 10.9. The van der Waals surface area contributed by atoms with Gasteiger partial charge in [0.2, 0.25) is 11.8 Å². The second-order valence-electron chi connectivity index (χ2n) is 2.68. The minimum absolute atomic E-state index is 0.0750. The molecule has 0 aliphatic rings. The molecule has 0 radical (unpaired) electrons. The standard InChI is InChI=1S/C5H12N4O2.C3H8/c1-8-5(4(7)11)9-2-3(6)10;1-3-2/h5,8-9H,2H2,1H3,(H2,6,10)(H2,7,11);3H2,1-2H3. The number of hydrogen-bond donors (Lipinski definition) is 4. The zero-order valence-electron chi connectivity index (χ0n) is 8.96. The van der Waals surface area contributed by atoms with Gasteiger partial charge in [0.1, 0.15) is 6.17 Å². The van der Waals surface area contributed by atoms with E-state index in [0.29, 0.717) is 0 Å². The van der Waals surface area contributed by atoms with Crippen molar-refractivity contribution in [2.24, 2.45) is 11.5 Å². The minimum atomic E-state index is -0.706. The molecule has 84 valence electrons. The maximum absolute atomic E-state index is 10.5. The van der Waals surface area contributed by atoms with Crippen LogP contribution in [0.3, 0.4) is 0 Å². The van der Waals surface area contributed by atoms with Gasteiger partial charge < -0.3 is 11.5 Å². The second kappa shape index (κ2) is 9.94. The molecule has 0 saturated heterocycles. The Morgan fingerprint density at radius 2 is 1.71 bits per heavy atom. The van der Waals surface area contributed by atoms with Crippen molar-refractivity contribution in [2.45, 2.75) is 26.4 Å². The van der Waals surface area contributed by atoms with Crippen molar-refractivity contribution in [3.05, 3.63) is 0 Å². The third-order valence-corrected chi connectivity index (χ3v) is 1.05. The molecule has 0 aromatic heterocycles. The fourth-order valence-electron chi connectivity index (χ4n) is 0.548. The summed E-state index contributed by atoms with van der Waals surface area (Å²) < 4.78 is 0. The average molecular weight is 204 g/mol. The van der Waals surface area contributed by atoms with Gasteiger partial charge in [-0.25, -0.2) is 0 Å². The predicted octanol–water partition coefficient (Wildman–Crippen LogP) is -1.49. The van der Waals surface area contributed by atoms with Gasteiger partial charge in [0.25, 0.3) is 0 Å². The number of likely N-dealkylation sites (N-methyl/N-ethyl adjacent to an activating group) is 1. The van der Waals surface area contributed by atoms with Gasteiger partial charge >= 0.3 is 0 Å². The zero-order chi connectivity index (χ0) is 11.6. The highest BCUT2D eigenvalue weighted by Gasteiger charge is 2.11. The molecule has 6 nitrogen and oxygen atoms in total. The number of carbonyl (C=O) groups is 2. The smallest absolute Gasteiger partial charge is 0.249 e. The summed E-state index contributed by atoms with van der Waals surface area (Å²) in [6, 6.07) is 0. The lowest BCUT2D eigenvalue weighted by Crippen LogP contribution is -2.52. The number of primary amides is 2. The molecule has 6 heteroatoms. The molecule has 0 aliphatic heterocycles. The van der Waals surface area contributed by atoms with Crippen LogP contribution in [0.15, 0.2) is 0 Å². The van der Waals surface area contributed by atoms with Crippen molar-refractivity contribution in [1.82, 2.24) is 10.6 Å². The molecule has 14 heavy (non-hydrogen) atoms. The Bertz CT molecular complexity index is 173. The third-order valence-electron chi connectivity index (χ3n) is 1.05. The molecule has 0 saturated carbocycles. The monoisotopic (exact) mass is 204 g/mol. The Morgan fingerprint density at radius 1 is 1.29 bits per heavy atom. The van der Waals surface area contributed by atoms with Crippen LogP contribution >= 0.6 is 0 Å². The summed E-state index contributed by atoms with van der Waals surface area (Å²) in [7, 11) is 1.55. The highest BCUT2D eigenvalue weighted by Crippen LogP contribution is 1.71. The van der Waals surface area contributed by atoms with Gasteiger partial charge in [-0.05, 0) is 7.05 Å². The van der Waals surface area contributed by atoms with Crippen LogP contribution in [0.25, 0.3) is 0 Å². The molecule has 0 bridgehead atoms. The van der Waals surface area contributed by atoms with Crippen LogP contribution in [0.4, 0.5) is 0 Å². The van der Waals surface area contributed by atoms with Crippen LogP contribution in [-0.4, -0.2) is 31.6 Å². The minimum Gasteiger partial charge on any atom is -0.369 e. The van der Waals surface area contributed by atoms with Gasteiger partial charge in [0.05, 0.1) is 6.54 Å². The van der Waals surface area contributed by atoms with Crippen molar-refractivity contribution >= 4 is 11.8 Å². The lowest BCUT2D eigenvalue weighted by molar-refractivity contribution is -0.121. The second-order valence-corrected chi connectivity index (χ2v) is 2.68. The van der Waals surface area contributed by atoms with Gasteiger partial charge in [-0.1, -0.05) is 20.3 Å². The van der Waals surface area contributed by atoms with E-state index in [4.69, 9.17) is 11.5 Å². The third kappa shape index (κ3) is 10.9. The average Bonchev–Trinajstić information content (AvgIpc) is 2.05. The lowest BCUT2D eigenvalue weighted by Gasteiger charge is -2.11. The Labute approximate surface area is 84.4 Å². The van der Waals surface area contributed by atoms with Crippen molar-refractivity contribution in [3.63, 3.8) is 0 Å². The normalized spacial score (nSPS) is 11.1. The largest absolute Gasteiger partial charge is 0.369 e. The summed E-state index contributed by atoms with van der Waals surface area (Å²) in [5.41, 5.74) is 9.73. The molecular weight excluding hydrogens is 184 g/mol. The van der Waals surface area contributed by atoms with E-state index in [-0.39, 0.29) is 6.54 Å². The molecule has 1 atom stereocenters. The van der Waals surface area contributed by atoms with Gasteiger partial charge in [-0.3, -0.25) is 20.2 Å². The molecule has 0 fully saturated rings. The lowest BCUT2D eigenvalue weighted by atomic mass is 10.4. The molecule has 0 rings (SSSR count). The van der Waals surface area contributed by atoms with Gasteiger partial charge in [-0.2, -0.15) is 0 Å². The van der Waals surface area contributed by atoms with Crippen LogP contribution in [-0.2, 0) is 9.59 Å². The summed E-state index contributed by atoms with van der Waals surface area (Å²) in [4.78, 5) is 20.7. The number of carbonyl (C=O) groups excluding carboxylic acids is 2. The van der Waals surface area contributed by atoms with Crippen LogP contribution in [0.2, 0.25) is 0 Å². The summed E-state index contributed by atoms with van der Waals surface area (Å²) >= 11 is 0. The van der Waals surface area contributed by atoms with Crippen molar-refractivity contribution in [2.75, 3.05) is 13.6 Å². The number of nitrogens with one attached hydrogen (secondary N) is 2. The van der Waals surface area contributed by atoms with E-state index >= 15 is 0 Å². The first-order valence-electron chi connectivity index (χ1n) is 4.47. The number of nitrogens with two attached hydrogens (primary N) is 2. The van der Waals surface area contributed by atoms with E-state index < -0.39 is 18.0 Å². The summed E-state index contributed by atoms with van der Waals surface area (Å²) in [5.74, 6) is -1.11. The van der Waals surface area contributed by atoms with Gasteiger partial charge in [0.15, 0.2) is 0 Å². The van der Waals surface area contributed by atoms with E-state index in [1.807, 2.05) is 0 Å². The molecule has 0 aliphatic carbocycles. The van der Waals surface area contributed by atoms with Crippen LogP contribution in [0, 0.1) is 0 Å². The maximum atomic E-state index is 10.5. The Morgan fingerprint density at radius 3 is 1.93 bits per heavy atom. The van der Waals surface area contributed by atoms with Crippen molar-refractivity contribution in [3.8, 4) is 0 Å². The molecule has 1 unspecified atom stereocenters. The molecule has 6 N–H and O–H groups in total. The van der Waals surface area contributed by atoms with Crippen LogP contribution in [0.1, 0.15) is 20.3 Å². The quantitative estimate of drug-likeness (QED) is 0.409. The maximum Gasteiger partial charge on any atom is 0.249 e. The summed E-state index contributed by atoms with van der Waals surface area (Å²) in [6.07, 6.45) is 0.544. The number of rotatable bonds is 5. The number of hydrogen-bond acceptors (Lipinski definition) is 4. The van der Waals surface area contributed by atoms with Crippen molar-refractivity contribution in [1.29, 1.82) is 0 Å². The van der Waals surface area contributed by atoms with E-state index in [9.17, 15) is 9.59 Å². The predicted molar refractivity (Wildman–Crippen MR) is 55.2 cm³/mol. The first-order chi connectivity index (χ1) is 6.49. The highest BCUT2D eigenvalue weighted by atomic mass is 16.2. The molecule has 0 aromatic carbocycles. The van der Waals surface area contributed by atoms with E-state index in [1.165, 1.54) is 6.42 Å². The zero-order valence-corrected chi connectivity index (χ0v) is 8.96. The molecular formula is C8H20N4O2.